The average Bonchev–Trinajstić information content (AvgIpc) is 2.87. The van der Waals surface area contributed by atoms with Crippen molar-refractivity contribution in [1.29, 1.82) is 0 Å². The van der Waals surface area contributed by atoms with E-state index in [0.29, 0.717) is 52.6 Å². The van der Waals surface area contributed by atoms with Crippen LogP contribution in [0, 0.1) is 12.0 Å². The molecule has 0 atom stereocenters. The molecular weight excluding hydrogens is 532 g/mol. The molecular formula is C32H61N6O4-3. The van der Waals surface area contributed by atoms with E-state index in [1.165, 1.54) is 0 Å². The van der Waals surface area contributed by atoms with Gasteiger partial charge in [-0.25, -0.2) is 0 Å². The molecule has 0 aromatic rings. The Kier molecular flexibility index (Phi) is 23.0. The zero-order chi connectivity index (χ0) is 31.7. The Morgan fingerprint density at radius 1 is 0.690 bits per heavy atom. The number of aliphatic imine (C=N–C) groups is 4. The summed E-state index contributed by atoms with van der Waals surface area (Å²) in [5, 5.41) is 8.64. The van der Waals surface area contributed by atoms with Crippen molar-refractivity contribution in [3.8, 4) is 0 Å². The van der Waals surface area contributed by atoms with Gasteiger partial charge in [0.1, 0.15) is 0 Å². The molecule has 0 radical (unpaired) electrons. The monoisotopic (exact) mass is 593 g/mol. The Labute approximate surface area is 257 Å². The van der Waals surface area contributed by atoms with Crippen LogP contribution in [0.4, 0.5) is 0 Å². The summed E-state index contributed by atoms with van der Waals surface area (Å²) in [4.78, 5) is 22.4. The molecule has 0 saturated carbocycles. The molecule has 0 aromatic heterocycles. The van der Waals surface area contributed by atoms with Crippen molar-refractivity contribution in [2.45, 2.75) is 79.8 Å². The number of ether oxygens (including phenoxy) is 3. The van der Waals surface area contributed by atoms with Gasteiger partial charge in [0.25, 0.3) is 0 Å². The lowest BCUT2D eigenvalue weighted by Gasteiger charge is -2.45. The van der Waals surface area contributed by atoms with E-state index in [9.17, 15) is 0 Å². The van der Waals surface area contributed by atoms with Gasteiger partial charge in [-0.15, -0.1) is 0 Å². The van der Waals surface area contributed by atoms with Gasteiger partial charge in [-0.3, -0.25) is 19.8 Å². The molecule has 0 aliphatic heterocycles. The van der Waals surface area contributed by atoms with Crippen LogP contribution in [-0.4, -0.2) is 143 Å². The average molecular weight is 594 g/mol. The van der Waals surface area contributed by atoms with E-state index in [0.717, 1.165) is 45.8 Å². The van der Waals surface area contributed by atoms with Crippen LogP contribution in [0.15, 0.2) is 20.0 Å². The van der Waals surface area contributed by atoms with Gasteiger partial charge in [-0.2, -0.15) is 6.61 Å². The summed E-state index contributed by atoms with van der Waals surface area (Å²) in [7, 11) is 0. The van der Waals surface area contributed by atoms with E-state index in [-0.39, 0.29) is 23.1 Å². The molecule has 42 heavy (non-hydrogen) atoms. The highest BCUT2D eigenvalue weighted by Crippen LogP contribution is 2.24. The second kappa shape index (κ2) is 23.8. The van der Waals surface area contributed by atoms with Crippen LogP contribution in [0.2, 0.25) is 0 Å². The molecule has 0 unspecified atom stereocenters. The summed E-state index contributed by atoms with van der Waals surface area (Å²) in [6.07, 6.45) is 10.5. The van der Waals surface area contributed by atoms with E-state index >= 15 is 0 Å². The van der Waals surface area contributed by atoms with Gasteiger partial charge in [-0.05, 0) is 53.4 Å². The first-order chi connectivity index (χ1) is 19.8. The van der Waals surface area contributed by atoms with Gasteiger partial charge in [-0.1, -0.05) is 40.6 Å². The number of hydrogen-bond donors (Lipinski definition) is 1. The molecule has 0 aromatic carbocycles. The minimum Gasteiger partial charge on any atom is -0.564 e. The molecule has 0 heterocycles. The highest BCUT2D eigenvalue weighted by atomic mass is 16.5. The first-order valence-electron chi connectivity index (χ1n) is 15.2. The molecule has 10 heteroatoms. The van der Waals surface area contributed by atoms with Crippen molar-refractivity contribution in [3.05, 3.63) is 6.61 Å². The molecule has 0 bridgehead atoms. The summed E-state index contributed by atoms with van der Waals surface area (Å²) in [6.45, 7) is 29.4. The van der Waals surface area contributed by atoms with Crippen molar-refractivity contribution in [3.63, 3.8) is 0 Å². The number of aliphatic hydroxyl groups excluding tert-OH is 1. The molecule has 10 nitrogen and oxygen atoms in total. The fourth-order valence-electron chi connectivity index (χ4n) is 4.12. The second-order valence-electron chi connectivity index (χ2n) is 13.2. The molecule has 1 N–H and O–H groups in total. The maximum atomic E-state index is 8.64. The summed E-state index contributed by atoms with van der Waals surface area (Å²) in [5.74, 6) is 0. The van der Waals surface area contributed by atoms with Crippen LogP contribution in [0.25, 0.3) is 0 Å². The van der Waals surface area contributed by atoms with Crippen molar-refractivity contribution in [1.82, 2.24) is 9.80 Å². The second-order valence-corrected chi connectivity index (χ2v) is 13.2. The molecule has 0 amide bonds. The van der Waals surface area contributed by atoms with Crippen molar-refractivity contribution in [2.75, 3.05) is 92.0 Å². The van der Waals surface area contributed by atoms with Gasteiger partial charge in [0, 0.05) is 69.4 Å². The van der Waals surface area contributed by atoms with E-state index in [1.807, 2.05) is 0 Å². The lowest BCUT2D eigenvalue weighted by molar-refractivity contribution is 0.0421. The van der Waals surface area contributed by atoms with Gasteiger partial charge in [0.05, 0.1) is 26.3 Å². The fourth-order valence-corrected chi connectivity index (χ4v) is 4.12. The largest absolute Gasteiger partial charge is 0.564 e. The van der Waals surface area contributed by atoms with Gasteiger partial charge < -0.3 is 41.7 Å². The molecule has 0 fully saturated rings. The third-order valence-electron chi connectivity index (χ3n) is 6.06. The van der Waals surface area contributed by atoms with E-state index < -0.39 is 0 Å². The maximum Gasteiger partial charge on any atom is 0.0781 e. The standard InChI is InChI=1S/C32H61N6O4/c1-30(2,3)10-24-40-25-15-33-11-19-37(21-13-35-18-28-42-29-23-39)20-12-34-16-26-41-27-17-36-14-22-38(31(4,5)6)32(7,8)9/h16,18,23,39H,10-14,19-22,24-29H2,1-9H3/q-3. The molecule has 246 valence electrons. The summed E-state index contributed by atoms with van der Waals surface area (Å²) < 4.78 is 16.3. The predicted molar refractivity (Wildman–Crippen MR) is 177 cm³/mol. The number of hydrogen-bond acceptors (Lipinski definition) is 10. The lowest BCUT2D eigenvalue weighted by atomic mass is 9.93. The minimum absolute atomic E-state index is 0.0877. The SMILES string of the molecule is CC(C)(C)CCOC[C-]=NCCN(CCN=CCOC[C-]=NCCN(C(C)(C)C)C(C)(C)C)CCN=CCOC[CH-]O. The fraction of sp³-hybridized carbons (Fsp3) is 0.844. The Bertz CT molecular complexity index is 738. The highest BCUT2D eigenvalue weighted by Gasteiger charge is 2.30. The van der Waals surface area contributed by atoms with Crippen LogP contribution in [0.5, 0.6) is 0 Å². The quantitative estimate of drug-likeness (QED) is 0.102. The maximum absolute atomic E-state index is 8.64. The van der Waals surface area contributed by atoms with Gasteiger partial charge >= 0.3 is 0 Å². The Balaban J connectivity index is 4.35. The van der Waals surface area contributed by atoms with Crippen molar-refractivity contribution < 1.29 is 19.3 Å². The van der Waals surface area contributed by atoms with E-state index in [2.05, 4.69) is 105 Å². The predicted octanol–water partition coefficient (Wildman–Crippen LogP) is 4.24. The molecule has 0 saturated heterocycles. The highest BCUT2D eigenvalue weighted by molar-refractivity contribution is 5.61. The molecule has 0 aliphatic rings. The van der Waals surface area contributed by atoms with Crippen LogP contribution in [0.3, 0.4) is 0 Å². The van der Waals surface area contributed by atoms with Crippen molar-refractivity contribution >= 4 is 24.9 Å². The van der Waals surface area contributed by atoms with Gasteiger partial charge in [0.2, 0.25) is 0 Å². The number of nitrogens with zero attached hydrogens (tertiary/aromatic N) is 6. The molecule has 0 spiro atoms. The third-order valence-corrected chi connectivity index (χ3v) is 6.06. The summed E-state index contributed by atoms with van der Waals surface area (Å²) in [6, 6.07) is 0. The van der Waals surface area contributed by atoms with E-state index in [1.54, 1.807) is 12.4 Å². The number of rotatable bonds is 24. The van der Waals surface area contributed by atoms with E-state index in [4.69, 9.17) is 19.3 Å². The Morgan fingerprint density at radius 2 is 1.19 bits per heavy atom. The van der Waals surface area contributed by atoms with Gasteiger partial charge in [0.15, 0.2) is 0 Å². The summed E-state index contributed by atoms with van der Waals surface area (Å²) >= 11 is 0. The normalized spacial score (nSPS) is 13.9. The van der Waals surface area contributed by atoms with Crippen LogP contribution in [-0.2, 0) is 14.2 Å². The molecule has 0 aliphatic carbocycles. The minimum atomic E-state index is 0.0877. The van der Waals surface area contributed by atoms with Crippen molar-refractivity contribution in [2.24, 2.45) is 25.4 Å². The zero-order valence-electron chi connectivity index (χ0n) is 28.2. The third kappa shape index (κ3) is 26.1. The van der Waals surface area contributed by atoms with Crippen LogP contribution >= 0.6 is 0 Å². The topological polar surface area (TPSA) is 104 Å². The number of aliphatic hydroxyl groups is 1. The first kappa shape index (κ1) is 40.4. The summed E-state index contributed by atoms with van der Waals surface area (Å²) in [5.41, 5.74) is 0.445. The Morgan fingerprint density at radius 3 is 1.71 bits per heavy atom. The first-order valence-corrected chi connectivity index (χ1v) is 15.2. The lowest BCUT2D eigenvalue weighted by Crippen LogP contribution is -2.53. The Hall–Kier alpha value is -1.56. The van der Waals surface area contributed by atoms with Crippen LogP contribution < -0.4 is 0 Å². The van der Waals surface area contributed by atoms with Crippen LogP contribution in [0.1, 0.15) is 68.7 Å². The molecule has 0 rings (SSSR count). The smallest absolute Gasteiger partial charge is 0.0781 e. The zero-order valence-corrected chi connectivity index (χ0v) is 28.2.